The van der Waals surface area contributed by atoms with Gasteiger partial charge >= 0.3 is 0 Å². The van der Waals surface area contributed by atoms with Gasteiger partial charge in [0.05, 0.1) is 17.7 Å². The Morgan fingerprint density at radius 3 is 3.07 bits per heavy atom. The maximum absolute atomic E-state index is 9.65. The summed E-state index contributed by atoms with van der Waals surface area (Å²) in [7, 11) is 0. The molecule has 0 bridgehead atoms. The first-order chi connectivity index (χ1) is 7.24. The van der Waals surface area contributed by atoms with Gasteiger partial charge in [-0.25, -0.2) is 0 Å². The molecular formula is C11H16ClNO2. The number of aliphatic hydroxyl groups excluding tert-OH is 1. The SMILES string of the molecule is CCCOCC(O)Cc1ccncc1Cl. The monoisotopic (exact) mass is 229 g/mol. The van der Waals surface area contributed by atoms with Crippen LogP contribution in [0.15, 0.2) is 18.5 Å². The lowest BCUT2D eigenvalue weighted by Gasteiger charge is -2.11. The van der Waals surface area contributed by atoms with Crippen molar-refractivity contribution in [1.82, 2.24) is 4.98 Å². The molecule has 1 N–H and O–H groups in total. The van der Waals surface area contributed by atoms with Crippen LogP contribution in [0.3, 0.4) is 0 Å². The molecule has 0 aromatic carbocycles. The number of ether oxygens (including phenoxy) is 1. The molecule has 1 unspecified atom stereocenters. The zero-order valence-electron chi connectivity index (χ0n) is 8.82. The van der Waals surface area contributed by atoms with E-state index in [-0.39, 0.29) is 0 Å². The van der Waals surface area contributed by atoms with E-state index in [0.717, 1.165) is 12.0 Å². The topological polar surface area (TPSA) is 42.4 Å². The average molecular weight is 230 g/mol. The summed E-state index contributed by atoms with van der Waals surface area (Å²) in [6, 6.07) is 1.81. The molecule has 0 spiro atoms. The molecule has 0 amide bonds. The van der Waals surface area contributed by atoms with Crippen molar-refractivity contribution in [2.45, 2.75) is 25.9 Å². The fraction of sp³-hybridized carbons (Fsp3) is 0.545. The number of aliphatic hydroxyl groups is 1. The molecule has 1 heterocycles. The lowest BCUT2D eigenvalue weighted by atomic mass is 10.1. The predicted molar refractivity (Wildman–Crippen MR) is 60.1 cm³/mol. The van der Waals surface area contributed by atoms with Gasteiger partial charge in [0.1, 0.15) is 0 Å². The zero-order valence-corrected chi connectivity index (χ0v) is 9.57. The molecule has 0 fully saturated rings. The summed E-state index contributed by atoms with van der Waals surface area (Å²) in [4.78, 5) is 3.88. The van der Waals surface area contributed by atoms with Crippen molar-refractivity contribution < 1.29 is 9.84 Å². The summed E-state index contributed by atoms with van der Waals surface area (Å²) in [5, 5.41) is 10.2. The maximum Gasteiger partial charge on any atom is 0.0814 e. The minimum absolute atomic E-state index is 0.354. The maximum atomic E-state index is 9.65. The van der Waals surface area contributed by atoms with Crippen molar-refractivity contribution in [3.05, 3.63) is 29.0 Å². The van der Waals surface area contributed by atoms with E-state index in [4.69, 9.17) is 16.3 Å². The molecule has 15 heavy (non-hydrogen) atoms. The van der Waals surface area contributed by atoms with Gasteiger partial charge < -0.3 is 9.84 Å². The normalized spacial score (nSPS) is 12.7. The van der Waals surface area contributed by atoms with Crippen LogP contribution in [0.25, 0.3) is 0 Å². The van der Waals surface area contributed by atoms with E-state index < -0.39 is 6.10 Å². The van der Waals surface area contributed by atoms with E-state index in [9.17, 15) is 5.11 Å². The summed E-state index contributed by atoms with van der Waals surface area (Å²) in [6.45, 7) is 3.07. The molecule has 0 aliphatic heterocycles. The van der Waals surface area contributed by atoms with E-state index in [1.165, 1.54) is 0 Å². The zero-order chi connectivity index (χ0) is 11.1. The van der Waals surface area contributed by atoms with Crippen molar-refractivity contribution in [3.63, 3.8) is 0 Å². The van der Waals surface area contributed by atoms with Gasteiger partial charge in [-0.2, -0.15) is 0 Å². The Hall–Kier alpha value is -0.640. The van der Waals surface area contributed by atoms with Crippen LogP contribution in [-0.4, -0.2) is 29.4 Å². The highest BCUT2D eigenvalue weighted by Gasteiger charge is 2.08. The molecule has 0 aliphatic carbocycles. The number of hydrogen-bond acceptors (Lipinski definition) is 3. The molecule has 4 heteroatoms. The lowest BCUT2D eigenvalue weighted by molar-refractivity contribution is 0.0374. The third-order valence-electron chi connectivity index (χ3n) is 1.97. The molecule has 0 aliphatic rings. The number of nitrogens with zero attached hydrogens (tertiary/aromatic N) is 1. The van der Waals surface area contributed by atoms with Crippen LogP contribution in [0.5, 0.6) is 0 Å². The number of hydrogen-bond donors (Lipinski definition) is 1. The van der Waals surface area contributed by atoms with Crippen molar-refractivity contribution in [2.75, 3.05) is 13.2 Å². The molecule has 0 saturated carbocycles. The fourth-order valence-electron chi connectivity index (χ4n) is 1.25. The van der Waals surface area contributed by atoms with Crippen LogP contribution >= 0.6 is 11.6 Å². The quantitative estimate of drug-likeness (QED) is 0.760. The Morgan fingerprint density at radius 1 is 1.60 bits per heavy atom. The van der Waals surface area contributed by atoms with Crippen molar-refractivity contribution in [1.29, 1.82) is 0 Å². The second-order valence-electron chi connectivity index (χ2n) is 3.40. The molecule has 84 valence electrons. The van der Waals surface area contributed by atoms with Gasteiger partial charge in [-0.15, -0.1) is 0 Å². The predicted octanol–water partition coefficient (Wildman–Crippen LogP) is 2.06. The first-order valence-corrected chi connectivity index (χ1v) is 5.46. The molecule has 0 saturated heterocycles. The van der Waals surface area contributed by atoms with Crippen LogP contribution in [0.2, 0.25) is 5.02 Å². The Kier molecular flexibility index (Phi) is 5.61. The molecule has 3 nitrogen and oxygen atoms in total. The minimum atomic E-state index is -0.503. The molecule has 1 atom stereocenters. The summed E-state index contributed by atoms with van der Waals surface area (Å²) in [5.74, 6) is 0. The van der Waals surface area contributed by atoms with E-state index in [1.807, 2.05) is 13.0 Å². The van der Waals surface area contributed by atoms with Gasteiger partial charge in [-0.1, -0.05) is 18.5 Å². The Morgan fingerprint density at radius 2 is 2.40 bits per heavy atom. The van der Waals surface area contributed by atoms with Gasteiger partial charge in [-0.3, -0.25) is 4.98 Å². The Labute approximate surface area is 95.1 Å². The summed E-state index contributed by atoms with van der Waals surface area (Å²) in [6.07, 6.45) is 4.21. The number of halogens is 1. The highest BCUT2D eigenvalue weighted by Crippen LogP contribution is 2.15. The number of rotatable bonds is 6. The lowest BCUT2D eigenvalue weighted by Crippen LogP contribution is -2.18. The third kappa shape index (κ3) is 4.60. The highest BCUT2D eigenvalue weighted by molar-refractivity contribution is 6.31. The Balaban J connectivity index is 2.37. The van der Waals surface area contributed by atoms with Crippen LogP contribution < -0.4 is 0 Å². The van der Waals surface area contributed by atoms with E-state index in [1.54, 1.807) is 12.4 Å². The third-order valence-corrected chi connectivity index (χ3v) is 2.31. The van der Waals surface area contributed by atoms with Crippen molar-refractivity contribution >= 4 is 11.6 Å². The van der Waals surface area contributed by atoms with E-state index in [0.29, 0.717) is 24.7 Å². The smallest absolute Gasteiger partial charge is 0.0814 e. The second kappa shape index (κ2) is 6.77. The van der Waals surface area contributed by atoms with Crippen LogP contribution in [0, 0.1) is 0 Å². The van der Waals surface area contributed by atoms with Gasteiger partial charge in [0.15, 0.2) is 0 Å². The second-order valence-corrected chi connectivity index (χ2v) is 3.81. The number of pyridine rings is 1. The fourth-order valence-corrected chi connectivity index (χ4v) is 1.44. The first kappa shape index (κ1) is 12.4. The molecule has 1 rings (SSSR count). The largest absolute Gasteiger partial charge is 0.390 e. The molecule has 0 radical (unpaired) electrons. The molecule has 1 aromatic rings. The van der Waals surface area contributed by atoms with Crippen molar-refractivity contribution in [2.24, 2.45) is 0 Å². The van der Waals surface area contributed by atoms with Crippen LogP contribution in [0.1, 0.15) is 18.9 Å². The van der Waals surface area contributed by atoms with Gasteiger partial charge in [0.25, 0.3) is 0 Å². The van der Waals surface area contributed by atoms with Crippen LogP contribution in [-0.2, 0) is 11.2 Å². The molecule has 1 aromatic heterocycles. The van der Waals surface area contributed by atoms with Gasteiger partial charge in [0.2, 0.25) is 0 Å². The number of aromatic nitrogens is 1. The van der Waals surface area contributed by atoms with Gasteiger partial charge in [-0.05, 0) is 18.1 Å². The van der Waals surface area contributed by atoms with Gasteiger partial charge in [0, 0.05) is 25.4 Å². The standard InChI is InChI=1S/C11H16ClNO2/c1-2-5-15-8-10(14)6-9-3-4-13-7-11(9)12/h3-4,7,10,14H,2,5-6,8H2,1H3. The van der Waals surface area contributed by atoms with E-state index >= 15 is 0 Å². The molecular weight excluding hydrogens is 214 g/mol. The first-order valence-electron chi connectivity index (χ1n) is 5.08. The Bertz CT molecular complexity index is 294. The minimum Gasteiger partial charge on any atom is -0.390 e. The van der Waals surface area contributed by atoms with Crippen molar-refractivity contribution in [3.8, 4) is 0 Å². The van der Waals surface area contributed by atoms with Crippen LogP contribution in [0.4, 0.5) is 0 Å². The summed E-state index contributed by atoms with van der Waals surface area (Å²) < 4.78 is 5.25. The summed E-state index contributed by atoms with van der Waals surface area (Å²) >= 11 is 5.92. The van der Waals surface area contributed by atoms with E-state index in [2.05, 4.69) is 4.98 Å². The summed E-state index contributed by atoms with van der Waals surface area (Å²) in [5.41, 5.74) is 0.902. The highest BCUT2D eigenvalue weighted by atomic mass is 35.5. The average Bonchev–Trinajstić information content (AvgIpc) is 2.22.